The first-order valence-corrected chi connectivity index (χ1v) is 7.21. The second-order valence-electron chi connectivity index (χ2n) is 6.09. The molecule has 0 radical (unpaired) electrons. The maximum Gasteiger partial charge on any atom is 0.140 e. The number of benzene rings is 1. The fraction of sp³-hybridized carbons (Fsp3) is 0.529. The van der Waals surface area contributed by atoms with Gasteiger partial charge in [-0.3, -0.25) is 9.59 Å². The molecule has 2 nitrogen and oxygen atoms in total. The molecule has 1 saturated carbocycles. The van der Waals surface area contributed by atoms with Gasteiger partial charge in [-0.1, -0.05) is 6.07 Å². The summed E-state index contributed by atoms with van der Waals surface area (Å²) in [5.41, 5.74) is 6.89. The Morgan fingerprint density at radius 1 is 0.947 bits per heavy atom. The number of aryl methyl sites for hydroxylation is 2. The van der Waals surface area contributed by atoms with Gasteiger partial charge in [0.1, 0.15) is 11.6 Å². The first-order chi connectivity index (χ1) is 9.06. The van der Waals surface area contributed by atoms with Crippen LogP contribution in [0.5, 0.6) is 0 Å². The van der Waals surface area contributed by atoms with Crippen molar-refractivity contribution in [3.8, 4) is 0 Å². The lowest BCUT2D eigenvalue weighted by atomic mass is 9.77. The monoisotopic (exact) mass is 256 g/mol. The molecule has 3 rings (SSSR count). The van der Waals surface area contributed by atoms with E-state index in [0.717, 1.165) is 12.8 Å². The fourth-order valence-corrected chi connectivity index (χ4v) is 3.96. The van der Waals surface area contributed by atoms with Crippen molar-refractivity contribution < 1.29 is 9.59 Å². The summed E-state index contributed by atoms with van der Waals surface area (Å²) in [6.45, 7) is 4.31. The third-order valence-corrected chi connectivity index (χ3v) is 4.63. The highest BCUT2D eigenvalue weighted by atomic mass is 16.1. The van der Waals surface area contributed by atoms with Crippen molar-refractivity contribution in [2.45, 2.75) is 58.3 Å². The summed E-state index contributed by atoms with van der Waals surface area (Å²) in [5, 5.41) is 0. The molecule has 0 spiro atoms. The van der Waals surface area contributed by atoms with Gasteiger partial charge in [-0.05, 0) is 66.8 Å². The normalized spacial score (nSPS) is 19.9. The molecule has 0 bridgehead atoms. The van der Waals surface area contributed by atoms with Crippen LogP contribution in [0.25, 0.3) is 0 Å². The van der Waals surface area contributed by atoms with Crippen LogP contribution in [0.2, 0.25) is 0 Å². The van der Waals surface area contributed by atoms with Crippen LogP contribution in [0.4, 0.5) is 0 Å². The van der Waals surface area contributed by atoms with Crippen molar-refractivity contribution in [1.82, 2.24) is 0 Å². The first kappa shape index (κ1) is 12.6. The van der Waals surface area contributed by atoms with Gasteiger partial charge in [0.05, 0.1) is 6.42 Å². The third kappa shape index (κ3) is 2.13. The van der Waals surface area contributed by atoms with E-state index in [1.165, 1.54) is 34.2 Å². The van der Waals surface area contributed by atoms with Gasteiger partial charge in [-0.15, -0.1) is 0 Å². The van der Waals surface area contributed by atoms with Crippen LogP contribution in [-0.2, 0) is 22.4 Å². The molecule has 0 saturated heterocycles. The number of ketones is 2. The number of hydrogen-bond donors (Lipinski definition) is 0. The standard InChI is InChI=1S/C17H20O2/c1-10-6-11(2)17(16-5-3-4-15(10)16)12-7-13(18)9-14(19)8-12/h6,12H,3-5,7-9H2,1-2H3. The lowest BCUT2D eigenvalue weighted by molar-refractivity contribution is -0.130. The van der Waals surface area contributed by atoms with Gasteiger partial charge >= 0.3 is 0 Å². The van der Waals surface area contributed by atoms with E-state index in [1.54, 1.807) is 0 Å². The summed E-state index contributed by atoms with van der Waals surface area (Å²) in [6.07, 6.45) is 4.75. The Labute approximate surface area is 114 Å². The maximum absolute atomic E-state index is 11.7. The van der Waals surface area contributed by atoms with Crippen LogP contribution >= 0.6 is 0 Å². The van der Waals surface area contributed by atoms with Gasteiger partial charge in [-0.25, -0.2) is 0 Å². The quantitative estimate of drug-likeness (QED) is 0.723. The summed E-state index contributed by atoms with van der Waals surface area (Å²) in [4.78, 5) is 23.4. The molecular formula is C17H20O2. The number of carbonyl (C=O) groups excluding carboxylic acids is 2. The Bertz CT molecular complexity index is 553. The number of fused-ring (bicyclic) bond motifs is 1. The zero-order valence-corrected chi connectivity index (χ0v) is 11.7. The minimum absolute atomic E-state index is 0.118. The predicted octanol–water partition coefficient (Wildman–Crippen LogP) is 3.20. The van der Waals surface area contributed by atoms with E-state index >= 15 is 0 Å². The van der Waals surface area contributed by atoms with E-state index < -0.39 is 0 Å². The predicted molar refractivity (Wildman–Crippen MR) is 74.5 cm³/mol. The topological polar surface area (TPSA) is 34.1 Å². The van der Waals surface area contributed by atoms with Crippen LogP contribution in [0.3, 0.4) is 0 Å². The summed E-state index contributed by atoms with van der Waals surface area (Å²) >= 11 is 0. The maximum atomic E-state index is 11.7. The van der Waals surface area contributed by atoms with E-state index in [2.05, 4.69) is 19.9 Å². The molecule has 0 aromatic heterocycles. The third-order valence-electron chi connectivity index (χ3n) is 4.63. The van der Waals surface area contributed by atoms with Crippen LogP contribution in [0.1, 0.15) is 59.4 Å². The molecule has 1 aromatic rings. The summed E-state index contributed by atoms with van der Waals surface area (Å²) in [7, 11) is 0. The fourth-order valence-electron chi connectivity index (χ4n) is 3.96. The molecule has 1 fully saturated rings. The average molecular weight is 256 g/mol. The highest BCUT2D eigenvalue weighted by molar-refractivity contribution is 6.02. The second kappa shape index (κ2) is 4.59. The highest BCUT2D eigenvalue weighted by Gasteiger charge is 2.31. The average Bonchev–Trinajstić information content (AvgIpc) is 2.76. The van der Waals surface area contributed by atoms with Gasteiger partial charge in [0.2, 0.25) is 0 Å². The van der Waals surface area contributed by atoms with Gasteiger partial charge < -0.3 is 0 Å². The Balaban J connectivity index is 2.08. The Hall–Kier alpha value is -1.44. The van der Waals surface area contributed by atoms with Gasteiger partial charge in [0, 0.05) is 12.8 Å². The minimum atomic E-state index is 0.118. The molecule has 100 valence electrons. The SMILES string of the molecule is Cc1cc(C)c(C2CC(=O)CC(=O)C2)c2c1CCC2. The van der Waals surface area contributed by atoms with Crippen LogP contribution in [-0.4, -0.2) is 11.6 Å². The molecular weight excluding hydrogens is 236 g/mol. The Kier molecular flexibility index (Phi) is 3.04. The van der Waals surface area contributed by atoms with Gasteiger partial charge in [-0.2, -0.15) is 0 Å². The van der Waals surface area contributed by atoms with Gasteiger partial charge in [0.25, 0.3) is 0 Å². The van der Waals surface area contributed by atoms with Crippen molar-refractivity contribution in [1.29, 1.82) is 0 Å². The van der Waals surface area contributed by atoms with Crippen molar-refractivity contribution in [2.24, 2.45) is 0 Å². The summed E-state index contributed by atoms with van der Waals surface area (Å²) in [6, 6.07) is 2.24. The number of rotatable bonds is 1. The Morgan fingerprint density at radius 3 is 2.26 bits per heavy atom. The molecule has 2 heteroatoms. The van der Waals surface area contributed by atoms with Crippen molar-refractivity contribution in [3.63, 3.8) is 0 Å². The molecule has 0 aliphatic heterocycles. The Morgan fingerprint density at radius 2 is 1.58 bits per heavy atom. The molecule has 0 amide bonds. The van der Waals surface area contributed by atoms with E-state index in [-0.39, 0.29) is 23.9 Å². The van der Waals surface area contributed by atoms with Crippen molar-refractivity contribution >= 4 is 11.6 Å². The van der Waals surface area contributed by atoms with E-state index in [4.69, 9.17) is 0 Å². The lowest BCUT2D eigenvalue weighted by Gasteiger charge is -2.25. The molecule has 0 atom stereocenters. The molecule has 0 heterocycles. The van der Waals surface area contributed by atoms with E-state index in [1.807, 2.05) is 0 Å². The minimum Gasteiger partial charge on any atom is -0.299 e. The summed E-state index contributed by atoms with van der Waals surface area (Å²) in [5.74, 6) is 0.377. The highest BCUT2D eigenvalue weighted by Crippen LogP contribution is 2.39. The summed E-state index contributed by atoms with van der Waals surface area (Å²) < 4.78 is 0. The number of hydrogen-bond acceptors (Lipinski definition) is 2. The second-order valence-corrected chi connectivity index (χ2v) is 6.09. The van der Waals surface area contributed by atoms with Crippen molar-refractivity contribution in [3.05, 3.63) is 33.9 Å². The first-order valence-electron chi connectivity index (χ1n) is 7.21. The molecule has 1 aromatic carbocycles. The van der Waals surface area contributed by atoms with Crippen LogP contribution in [0, 0.1) is 13.8 Å². The van der Waals surface area contributed by atoms with E-state index in [9.17, 15) is 9.59 Å². The largest absolute Gasteiger partial charge is 0.299 e. The van der Waals surface area contributed by atoms with Crippen LogP contribution in [0.15, 0.2) is 6.07 Å². The molecule has 0 unspecified atom stereocenters. The zero-order chi connectivity index (χ0) is 13.6. The molecule has 2 aliphatic rings. The number of carbonyl (C=O) groups is 2. The van der Waals surface area contributed by atoms with Gasteiger partial charge in [0.15, 0.2) is 0 Å². The van der Waals surface area contributed by atoms with Crippen molar-refractivity contribution in [2.75, 3.05) is 0 Å². The molecule has 19 heavy (non-hydrogen) atoms. The molecule has 0 N–H and O–H groups in total. The number of Topliss-reactive ketones (excluding diaryl/α,β-unsaturated/α-hetero) is 2. The zero-order valence-electron chi connectivity index (χ0n) is 11.7. The lowest BCUT2D eigenvalue weighted by Crippen LogP contribution is -2.23. The van der Waals surface area contributed by atoms with E-state index in [0.29, 0.717) is 12.8 Å². The molecule has 2 aliphatic carbocycles. The van der Waals surface area contributed by atoms with Crippen LogP contribution < -0.4 is 0 Å². The smallest absolute Gasteiger partial charge is 0.140 e.